The molecule has 0 saturated heterocycles. The van der Waals surface area contributed by atoms with Crippen molar-refractivity contribution in [3.63, 3.8) is 0 Å². The van der Waals surface area contributed by atoms with Gasteiger partial charge in [-0.3, -0.25) is 14.4 Å². The number of carboxylic acids is 1. The highest BCUT2D eigenvalue weighted by Gasteiger charge is 2.30. The number of aromatic nitrogens is 1. The van der Waals surface area contributed by atoms with Gasteiger partial charge in [-0.2, -0.15) is 24.4 Å². The molecule has 0 aliphatic carbocycles. The summed E-state index contributed by atoms with van der Waals surface area (Å²) in [5.41, 5.74) is 7.05. The Labute approximate surface area is 212 Å². The van der Waals surface area contributed by atoms with Crippen LogP contribution >= 0.6 is 24.4 Å². The van der Waals surface area contributed by atoms with Crippen molar-refractivity contribution in [2.75, 3.05) is 24.4 Å². The van der Waals surface area contributed by atoms with Gasteiger partial charge in [0, 0.05) is 29.3 Å². The van der Waals surface area contributed by atoms with Gasteiger partial charge in [0.25, 0.3) is 0 Å². The first-order valence-corrected chi connectivity index (χ1v) is 12.9. The predicted octanol–water partition coefficient (Wildman–Crippen LogP) is -0.748. The van der Waals surface area contributed by atoms with Gasteiger partial charge >= 0.3 is 5.97 Å². The van der Waals surface area contributed by atoms with Crippen molar-refractivity contribution in [3.05, 3.63) is 36.0 Å². The average Bonchev–Trinajstić information content (AvgIpc) is 3.26. The SMILES string of the molecule is CSCCC(NC(=O)C(CS)NC(=O)C(N)CO)C(=O)NC(Cc1c[nH]c2ccccc12)C(=O)O. The zero-order valence-electron chi connectivity index (χ0n) is 19.2. The fourth-order valence-electron chi connectivity index (χ4n) is 3.33. The molecule has 4 unspecified atom stereocenters. The predicted molar refractivity (Wildman–Crippen MR) is 137 cm³/mol. The summed E-state index contributed by atoms with van der Waals surface area (Å²) in [5, 5.41) is 27.1. The Morgan fingerprint density at radius 3 is 2.31 bits per heavy atom. The van der Waals surface area contributed by atoms with Gasteiger partial charge in [0.15, 0.2) is 0 Å². The molecule has 0 radical (unpaired) electrons. The van der Waals surface area contributed by atoms with E-state index in [4.69, 9.17) is 10.8 Å². The minimum absolute atomic E-state index is 0.0443. The molecule has 0 fully saturated rings. The van der Waals surface area contributed by atoms with E-state index >= 15 is 0 Å². The Morgan fingerprint density at radius 2 is 1.69 bits per heavy atom. The average molecular weight is 526 g/mol. The minimum atomic E-state index is -1.22. The van der Waals surface area contributed by atoms with Gasteiger partial charge in [0.2, 0.25) is 17.7 Å². The second-order valence-electron chi connectivity index (χ2n) is 7.84. The maximum Gasteiger partial charge on any atom is 0.326 e. The Morgan fingerprint density at radius 1 is 1.06 bits per heavy atom. The molecule has 2 aromatic rings. The zero-order chi connectivity index (χ0) is 26.0. The number of carboxylic acid groups (broad SMARTS) is 1. The minimum Gasteiger partial charge on any atom is -0.480 e. The van der Waals surface area contributed by atoms with Crippen LogP contribution in [0.25, 0.3) is 10.9 Å². The number of carbonyl (C=O) groups excluding carboxylic acids is 3. The Bertz CT molecular complexity index is 1030. The number of aromatic amines is 1. The second kappa shape index (κ2) is 14.0. The maximum atomic E-state index is 13.0. The molecule has 2 rings (SSSR count). The molecule has 35 heavy (non-hydrogen) atoms. The van der Waals surface area contributed by atoms with E-state index in [-0.39, 0.29) is 18.6 Å². The smallest absolute Gasteiger partial charge is 0.326 e. The molecule has 0 aliphatic rings. The number of thioether (sulfide) groups is 1. The molecule has 1 heterocycles. The highest BCUT2D eigenvalue weighted by atomic mass is 32.2. The van der Waals surface area contributed by atoms with Crippen LogP contribution in [-0.4, -0.2) is 87.4 Å². The van der Waals surface area contributed by atoms with Crippen LogP contribution in [0.1, 0.15) is 12.0 Å². The molecule has 4 atom stereocenters. The van der Waals surface area contributed by atoms with E-state index in [0.717, 1.165) is 16.5 Å². The fourth-order valence-corrected chi connectivity index (χ4v) is 4.05. The van der Waals surface area contributed by atoms with Crippen molar-refractivity contribution in [2.45, 2.75) is 37.0 Å². The van der Waals surface area contributed by atoms with Crippen molar-refractivity contribution < 1.29 is 29.4 Å². The van der Waals surface area contributed by atoms with Crippen LogP contribution in [0.5, 0.6) is 0 Å². The van der Waals surface area contributed by atoms with Crippen LogP contribution in [0.3, 0.4) is 0 Å². The molecule has 0 bridgehead atoms. The topological polar surface area (TPSA) is 187 Å². The number of aliphatic hydroxyl groups excluding tert-OH is 1. The lowest BCUT2D eigenvalue weighted by molar-refractivity contribution is -0.142. The normalized spacial score (nSPS) is 14.5. The maximum absolute atomic E-state index is 13.0. The summed E-state index contributed by atoms with van der Waals surface area (Å²) >= 11 is 5.52. The Balaban J connectivity index is 2.12. The summed E-state index contributed by atoms with van der Waals surface area (Å²) in [6.07, 6.45) is 3.82. The molecule has 192 valence electrons. The van der Waals surface area contributed by atoms with Gasteiger partial charge in [-0.15, -0.1) is 0 Å². The number of hydrogen-bond acceptors (Lipinski definition) is 8. The number of rotatable bonds is 14. The summed E-state index contributed by atoms with van der Waals surface area (Å²) < 4.78 is 0. The molecule has 0 aliphatic heterocycles. The highest BCUT2D eigenvalue weighted by molar-refractivity contribution is 7.98. The van der Waals surface area contributed by atoms with Crippen LogP contribution in [0, 0.1) is 0 Å². The van der Waals surface area contributed by atoms with E-state index in [1.54, 1.807) is 6.20 Å². The number of amides is 3. The van der Waals surface area contributed by atoms with Gasteiger partial charge in [-0.1, -0.05) is 18.2 Å². The summed E-state index contributed by atoms with van der Waals surface area (Å²) in [4.78, 5) is 52.7. The molecular weight excluding hydrogens is 494 g/mol. The number of hydrogen-bond donors (Lipinski definition) is 8. The van der Waals surface area contributed by atoms with Gasteiger partial charge in [0.05, 0.1) is 6.61 Å². The zero-order valence-corrected chi connectivity index (χ0v) is 20.9. The number of nitrogens with two attached hydrogens (primary N) is 1. The largest absolute Gasteiger partial charge is 0.480 e. The lowest BCUT2D eigenvalue weighted by atomic mass is 10.0. The Kier molecular flexibility index (Phi) is 11.4. The third-order valence-corrected chi connectivity index (χ3v) is 6.32. The van der Waals surface area contributed by atoms with Crippen LogP contribution in [0.4, 0.5) is 0 Å². The number of H-pyrrole nitrogens is 1. The van der Waals surface area contributed by atoms with Crippen molar-refractivity contribution in [1.82, 2.24) is 20.9 Å². The molecule has 1 aromatic heterocycles. The summed E-state index contributed by atoms with van der Waals surface area (Å²) in [7, 11) is 0. The lowest BCUT2D eigenvalue weighted by Gasteiger charge is -2.24. The first-order chi connectivity index (χ1) is 16.7. The van der Waals surface area contributed by atoms with E-state index in [0.29, 0.717) is 5.75 Å². The van der Waals surface area contributed by atoms with Crippen LogP contribution in [0.15, 0.2) is 30.5 Å². The third kappa shape index (κ3) is 8.16. The number of aliphatic hydroxyl groups is 1. The summed E-state index contributed by atoms with van der Waals surface area (Å²) in [6.45, 7) is -0.599. The van der Waals surface area contributed by atoms with Gasteiger partial charge in [0.1, 0.15) is 24.2 Å². The summed E-state index contributed by atoms with van der Waals surface area (Å²) in [5.74, 6) is -2.84. The molecule has 11 nitrogen and oxygen atoms in total. The molecule has 0 spiro atoms. The van der Waals surface area contributed by atoms with Crippen molar-refractivity contribution >= 4 is 59.0 Å². The van der Waals surface area contributed by atoms with Crippen molar-refractivity contribution in [1.29, 1.82) is 0 Å². The van der Waals surface area contributed by atoms with E-state index in [9.17, 15) is 24.3 Å². The van der Waals surface area contributed by atoms with Gasteiger partial charge in [-0.05, 0) is 30.1 Å². The summed E-state index contributed by atoms with van der Waals surface area (Å²) in [6, 6.07) is 2.85. The van der Waals surface area contributed by atoms with Crippen molar-refractivity contribution in [3.8, 4) is 0 Å². The van der Waals surface area contributed by atoms with Crippen LogP contribution < -0.4 is 21.7 Å². The molecule has 3 amide bonds. The van der Waals surface area contributed by atoms with E-state index in [1.807, 2.05) is 30.5 Å². The van der Waals surface area contributed by atoms with Gasteiger partial charge < -0.3 is 36.9 Å². The third-order valence-electron chi connectivity index (χ3n) is 5.31. The van der Waals surface area contributed by atoms with Crippen molar-refractivity contribution in [2.24, 2.45) is 5.73 Å². The molecule has 1 aromatic carbocycles. The molecule has 13 heteroatoms. The number of fused-ring (bicyclic) bond motifs is 1. The Hall–Kier alpha value is -2.74. The highest BCUT2D eigenvalue weighted by Crippen LogP contribution is 2.19. The van der Waals surface area contributed by atoms with E-state index in [2.05, 4.69) is 33.6 Å². The second-order valence-corrected chi connectivity index (χ2v) is 9.19. The lowest BCUT2D eigenvalue weighted by Crippen LogP contribution is -2.58. The van der Waals surface area contributed by atoms with E-state index in [1.165, 1.54) is 11.8 Å². The molecule has 8 N–H and O–H groups in total. The quantitative estimate of drug-likeness (QED) is 0.148. The van der Waals surface area contributed by atoms with Crippen LogP contribution in [-0.2, 0) is 25.6 Å². The van der Waals surface area contributed by atoms with Crippen LogP contribution in [0.2, 0.25) is 0 Å². The van der Waals surface area contributed by atoms with E-state index < -0.39 is 54.5 Å². The molecule has 0 saturated carbocycles. The number of para-hydroxylation sites is 1. The first-order valence-electron chi connectivity index (χ1n) is 10.9. The van der Waals surface area contributed by atoms with Gasteiger partial charge in [-0.25, -0.2) is 4.79 Å². The number of nitrogens with one attached hydrogen (secondary N) is 4. The number of thiol groups is 1. The first kappa shape index (κ1) is 28.5. The molecular formula is C22H31N5O6S2. The standard InChI is InChI=1S/C22H31N5O6S2/c1-35-7-6-16(25-21(31)18(11-34)27-19(29)14(23)10-28)20(30)26-17(22(32)33)8-12-9-24-15-5-3-2-4-13(12)15/h2-5,9,14,16-18,24,28,34H,6-8,10-11,23H2,1H3,(H,25,31)(H,26,30)(H,27,29)(H,32,33). The monoisotopic (exact) mass is 525 g/mol. The number of aliphatic carboxylic acids is 1. The number of benzene rings is 1. The fraction of sp³-hybridized carbons (Fsp3) is 0.455. The number of carbonyl (C=O) groups is 4.